The van der Waals surface area contributed by atoms with E-state index in [0.717, 1.165) is 5.92 Å². The molecule has 0 bridgehead atoms. The molecule has 1 N–H and O–H groups in total. The first-order chi connectivity index (χ1) is 8.58. The van der Waals surface area contributed by atoms with Crippen molar-refractivity contribution in [1.82, 2.24) is 10.2 Å². The molecule has 18 heavy (non-hydrogen) atoms. The Hall–Kier alpha value is -0.0800. The summed E-state index contributed by atoms with van der Waals surface area (Å²) >= 11 is 0. The van der Waals surface area contributed by atoms with Crippen LogP contribution in [0.2, 0.25) is 0 Å². The Kier molecular flexibility index (Phi) is 7.25. The summed E-state index contributed by atoms with van der Waals surface area (Å²) in [6, 6.07) is 0. The van der Waals surface area contributed by atoms with E-state index in [2.05, 4.69) is 38.0 Å². The van der Waals surface area contributed by atoms with Gasteiger partial charge in [0.1, 0.15) is 0 Å². The average molecular weight is 254 g/mol. The number of hydrogen-bond donors (Lipinski definition) is 1. The zero-order valence-electron chi connectivity index (χ0n) is 13.1. The van der Waals surface area contributed by atoms with Crippen molar-refractivity contribution < 1.29 is 0 Å². The maximum absolute atomic E-state index is 3.66. The second-order valence-electron chi connectivity index (χ2n) is 6.80. The third kappa shape index (κ3) is 5.71. The Balaban J connectivity index is 2.36. The Morgan fingerprint density at radius 3 is 2.44 bits per heavy atom. The Bertz CT molecular complexity index is 207. The largest absolute Gasteiger partial charge is 0.316 e. The zero-order chi connectivity index (χ0) is 13.4. The van der Waals surface area contributed by atoms with Crippen LogP contribution in [-0.4, -0.2) is 38.1 Å². The smallest absolute Gasteiger partial charge is 0.00471 e. The summed E-state index contributed by atoms with van der Waals surface area (Å²) in [4.78, 5) is 2.57. The van der Waals surface area contributed by atoms with E-state index >= 15 is 0 Å². The highest BCUT2D eigenvalue weighted by molar-refractivity contribution is 4.89. The first kappa shape index (κ1) is 16.0. The quantitative estimate of drug-likeness (QED) is 0.633. The molecule has 0 aliphatic heterocycles. The van der Waals surface area contributed by atoms with Crippen molar-refractivity contribution in [3.05, 3.63) is 0 Å². The first-order valence-corrected chi connectivity index (χ1v) is 7.97. The van der Waals surface area contributed by atoms with Crippen LogP contribution in [-0.2, 0) is 0 Å². The lowest BCUT2D eigenvalue weighted by atomic mass is 9.85. The summed E-state index contributed by atoms with van der Waals surface area (Å²) in [5, 5.41) is 3.66. The molecule has 108 valence electrons. The normalized spacial score (nSPS) is 19.0. The van der Waals surface area contributed by atoms with Gasteiger partial charge in [-0.3, -0.25) is 0 Å². The molecule has 0 spiro atoms. The maximum Gasteiger partial charge on any atom is 0.00471 e. The lowest BCUT2D eigenvalue weighted by Crippen LogP contribution is -2.42. The third-order valence-corrected chi connectivity index (χ3v) is 4.28. The minimum absolute atomic E-state index is 0.570. The van der Waals surface area contributed by atoms with E-state index in [0.29, 0.717) is 5.41 Å². The van der Waals surface area contributed by atoms with E-state index in [1.165, 1.54) is 64.7 Å². The number of rotatable bonds is 9. The summed E-state index contributed by atoms with van der Waals surface area (Å²) in [5.41, 5.74) is 0.570. The predicted octanol–water partition coefficient (Wildman–Crippen LogP) is 3.52. The van der Waals surface area contributed by atoms with Crippen LogP contribution < -0.4 is 5.32 Å². The topological polar surface area (TPSA) is 15.3 Å². The van der Waals surface area contributed by atoms with Crippen molar-refractivity contribution in [2.45, 2.75) is 59.3 Å². The van der Waals surface area contributed by atoms with Crippen molar-refractivity contribution in [2.75, 3.05) is 33.2 Å². The molecule has 0 aromatic heterocycles. The fraction of sp³-hybridized carbons (Fsp3) is 1.00. The molecule has 0 saturated heterocycles. The van der Waals surface area contributed by atoms with Crippen molar-refractivity contribution >= 4 is 0 Å². The van der Waals surface area contributed by atoms with Gasteiger partial charge in [-0.1, -0.05) is 33.6 Å². The standard InChI is InChI=1S/C16H34N2/c1-5-11-17-13-16(9-6-7-10-16)14-18(4)12-8-15(2)3/h15,17H,5-14H2,1-4H3. The summed E-state index contributed by atoms with van der Waals surface area (Å²) < 4.78 is 0. The monoisotopic (exact) mass is 254 g/mol. The van der Waals surface area contributed by atoms with Gasteiger partial charge in [0.25, 0.3) is 0 Å². The minimum atomic E-state index is 0.570. The van der Waals surface area contributed by atoms with Gasteiger partial charge in [-0.2, -0.15) is 0 Å². The van der Waals surface area contributed by atoms with E-state index in [-0.39, 0.29) is 0 Å². The van der Waals surface area contributed by atoms with Crippen LogP contribution in [0.3, 0.4) is 0 Å². The van der Waals surface area contributed by atoms with Gasteiger partial charge in [-0.15, -0.1) is 0 Å². The van der Waals surface area contributed by atoms with Gasteiger partial charge in [0.05, 0.1) is 0 Å². The van der Waals surface area contributed by atoms with Crippen LogP contribution >= 0.6 is 0 Å². The number of nitrogens with zero attached hydrogens (tertiary/aromatic N) is 1. The summed E-state index contributed by atoms with van der Waals surface area (Å²) in [7, 11) is 2.31. The van der Waals surface area contributed by atoms with Crippen molar-refractivity contribution in [2.24, 2.45) is 11.3 Å². The van der Waals surface area contributed by atoms with Crippen LogP contribution in [0.15, 0.2) is 0 Å². The lowest BCUT2D eigenvalue weighted by molar-refractivity contribution is 0.167. The molecule has 0 aromatic rings. The highest BCUT2D eigenvalue weighted by atomic mass is 15.1. The van der Waals surface area contributed by atoms with Crippen LogP contribution in [0, 0.1) is 11.3 Å². The molecule has 0 heterocycles. The van der Waals surface area contributed by atoms with E-state index in [9.17, 15) is 0 Å². The van der Waals surface area contributed by atoms with Crippen LogP contribution in [0.5, 0.6) is 0 Å². The highest BCUT2D eigenvalue weighted by Crippen LogP contribution is 2.38. The van der Waals surface area contributed by atoms with Gasteiger partial charge in [0, 0.05) is 13.1 Å². The maximum atomic E-state index is 3.66. The van der Waals surface area contributed by atoms with E-state index < -0.39 is 0 Å². The molecule has 0 aromatic carbocycles. The fourth-order valence-corrected chi connectivity index (χ4v) is 3.18. The number of nitrogens with one attached hydrogen (secondary N) is 1. The molecule has 1 saturated carbocycles. The van der Waals surface area contributed by atoms with Gasteiger partial charge in [0.15, 0.2) is 0 Å². The van der Waals surface area contributed by atoms with Gasteiger partial charge in [0.2, 0.25) is 0 Å². The molecule has 0 unspecified atom stereocenters. The Morgan fingerprint density at radius 2 is 1.89 bits per heavy atom. The first-order valence-electron chi connectivity index (χ1n) is 7.97. The third-order valence-electron chi connectivity index (χ3n) is 4.28. The molecule has 1 fully saturated rings. The molecule has 1 rings (SSSR count). The van der Waals surface area contributed by atoms with Gasteiger partial charge >= 0.3 is 0 Å². The second-order valence-corrected chi connectivity index (χ2v) is 6.80. The summed E-state index contributed by atoms with van der Waals surface area (Å²) in [6.07, 6.45) is 8.30. The Morgan fingerprint density at radius 1 is 1.22 bits per heavy atom. The minimum Gasteiger partial charge on any atom is -0.316 e. The summed E-state index contributed by atoms with van der Waals surface area (Å²) in [6.45, 7) is 11.8. The van der Waals surface area contributed by atoms with Crippen molar-refractivity contribution in [3.63, 3.8) is 0 Å². The van der Waals surface area contributed by atoms with E-state index in [1.807, 2.05) is 0 Å². The predicted molar refractivity (Wildman–Crippen MR) is 81.0 cm³/mol. The van der Waals surface area contributed by atoms with Gasteiger partial charge in [-0.05, 0) is 57.2 Å². The lowest BCUT2D eigenvalue weighted by Gasteiger charge is -2.34. The summed E-state index contributed by atoms with van der Waals surface area (Å²) in [5.74, 6) is 0.824. The molecule has 2 heteroatoms. The van der Waals surface area contributed by atoms with Gasteiger partial charge in [-0.25, -0.2) is 0 Å². The van der Waals surface area contributed by atoms with Crippen molar-refractivity contribution in [3.8, 4) is 0 Å². The average Bonchev–Trinajstić information content (AvgIpc) is 2.76. The van der Waals surface area contributed by atoms with Crippen LogP contribution in [0.4, 0.5) is 0 Å². The fourth-order valence-electron chi connectivity index (χ4n) is 3.18. The molecular weight excluding hydrogens is 220 g/mol. The van der Waals surface area contributed by atoms with Crippen molar-refractivity contribution in [1.29, 1.82) is 0 Å². The second kappa shape index (κ2) is 8.16. The Labute approximate surface area is 115 Å². The molecule has 0 atom stereocenters. The van der Waals surface area contributed by atoms with Crippen LogP contribution in [0.1, 0.15) is 59.3 Å². The molecule has 2 nitrogen and oxygen atoms in total. The molecule has 0 radical (unpaired) electrons. The highest BCUT2D eigenvalue weighted by Gasteiger charge is 2.34. The van der Waals surface area contributed by atoms with E-state index in [1.54, 1.807) is 0 Å². The SMILES string of the molecule is CCCNCC1(CN(C)CCC(C)C)CCCC1. The molecule has 0 amide bonds. The van der Waals surface area contributed by atoms with Gasteiger partial charge < -0.3 is 10.2 Å². The zero-order valence-corrected chi connectivity index (χ0v) is 13.1. The number of hydrogen-bond acceptors (Lipinski definition) is 2. The molecule has 1 aliphatic rings. The molecule has 1 aliphatic carbocycles. The van der Waals surface area contributed by atoms with Crippen LogP contribution in [0.25, 0.3) is 0 Å². The van der Waals surface area contributed by atoms with E-state index in [4.69, 9.17) is 0 Å². The molecular formula is C16H34N2.